The third kappa shape index (κ3) is 2.43. The van der Waals surface area contributed by atoms with Gasteiger partial charge < -0.3 is 10.2 Å². The molecule has 94 valence electrons. The Morgan fingerprint density at radius 1 is 1.25 bits per heavy atom. The first kappa shape index (κ1) is 12.4. The quantitative estimate of drug-likeness (QED) is 0.793. The highest BCUT2D eigenvalue weighted by Crippen LogP contribution is 2.39. The smallest absolute Gasteiger partial charge is 0.00900 e. The van der Waals surface area contributed by atoms with Crippen molar-refractivity contribution in [2.24, 2.45) is 5.41 Å². The van der Waals surface area contributed by atoms with Gasteiger partial charge in [0.2, 0.25) is 0 Å². The molecular weight excluding hydrogens is 196 g/mol. The van der Waals surface area contributed by atoms with E-state index < -0.39 is 0 Å². The number of hydrogen-bond donors (Lipinski definition) is 1. The summed E-state index contributed by atoms with van der Waals surface area (Å²) >= 11 is 0. The van der Waals surface area contributed by atoms with E-state index in [0.29, 0.717) is 5.41 Å². The Morgan fingerprint density at radius 2 is 1.88 bits per heavy atom. The zero-order valence-corrected chi connectivity index (χ0v) is 11.3. The first-order valence-corrected chi connectivity index (χ1v) is 7.16. The lowest BCUT2D eigenvalue weighted by Crippen LogP contribution is -2.45. The molecule has 0 aliphatic carbocycles. The molecule has 0 amide bonds. The van der Waals surface area contributed by atoms with Crippen molar-refractivity contribution in [2.45, 2.75) is 65.0 Å². The number of nitrogens with one attached hydrogen (secondary N) is 1. The molecule has 2 heteroatoms. The third-order valence-corrected chi connectivity index (χ3v) is 4.88. The summed E-state index contributed by atoms with van der Waals surface area (Å²) in [6.07, 6.45) is 6.88. The topological polar surface area (TPSA) is 15.3 Å². The average Bonchev–Trinajstić information content (AvgIpc) is 2.65. The van der Waals surface area contributed by atoms with E-state index in [1.807, 2.05) is 0 Å². The van der Waals surface area contributed by atoms with Crippen LogP contribution in [0.5, 0.6) is 0 Å². The Morgan fingerprint density at radius 3 is 2.31 bits per heavy atom. The summed E-state index contributed by atoms with van der Waals surface area (Å²) in [4.78, 5) is 2.73. The predicted molar refractivity (Wildman–Crippen MR) is 69.7 cm³/mol. The highest BCUT2D eigenvalue weighted by atomic mass is 15.2. The van der Waals surface area contributed by atoms with Crippen molar-refractivity contribution in [3.8, 4) is 0 Å². The number of hydrogen-bond acceptors (Lipinski definition) is 2. The number of piperidine rings is 1. The summed E-state index contributed by atoms with van der Waals surface area (Å²) in [5.74, 6) is 0. The Hall–Kier alpha value is -0.0800. The molecule has 1 atom stereocenters. The van der Waals surface area contributed by atoms with Gasteiger partial charge in [0.1, 0.15) is 0 Å². The van der Waals surface area contributed by atoms with E-state index in [1.165, 1.54) is 51.7 Å². The normalized spacial score (nSPS) is 30.4. The molecule has 1 N–H and O–H groups in total. The van der Waals surface area contributed by atoms with Gasteiger partial charge in [0, 0.05) is 18.6 Å². The van der Waals surface area contributed by atoms with E-state index in [-0.39, 0.29) is 0 Å². The fourth-order valence-corrected chi connectivity index (χ4v) is 3.73. The van der Waals surface area contributed by atoms with E-state index in [0.717, 1.165) is 12.1 Å². The fraction of sp³-hybridized carbons (Fsp3) is 1.00. The molecule has 16 heavy (non-hydrogen) atoms. The number of likely N-dealkylation sites (tertiary alicyclic amines) is 1. The molecule has 0 aromatic rings. The molecule has 2 rings (SSSR count). The van der Waals surface area contributed by atoms with Crippen LogP contribution in [0.3, 0.4) is 0 Å². The van der Waals surface area contributed by atoms with Gasteiger partial charge in [-0.15, -0.1) is 0 Å². The fourth-order valence-electron chi connectivity index (χ4n) is 3.73. The lowest BCUT2D eigenvalue weighted by Gasteiger charge is -2.42. The lowest BCUT2D eigenvalue weighted by molar-refractivity contribution is 0.0790. The summed E-state index contributed by atoms with van der Waals surface area (Å²) < 4.78 is 0. The lowest BCUT2D eigenvalue weighted by atomic mass is 9.76. The van der Waals surface area contributed by atoms with E-state index in [9.17, 15) is 0 Å². The zero-order valence-electron chi connectivity index (χ0n) is 11.3. The highest BCUT2D eigenvalue weighted by Gasteiger charge is 2.40. The van der Waals surface area contributed by atoms with E-state index in [4.69, 9.17) is 0 Å². The van der Waals surface area contributed by atoms with Crippen LogP contribution >= 0.6 is 0 Å². The van der Waals surface area contributed by atoms with Crippen molar-refractivity contribution in [3.63, 3.8) is 0 Å². The molecule has 2 nitrogen and oxygen atoms in total. The van der Waals surface area contributed by atoms with Crippen molar-refractivity contribution in [3.05, 3.63) is 0 Å². The van der Waals surface area contributed by atoms with Gasteiger partial charge in [-0.05, 0) is 57.5 Å². The second-order valence-electron chi connectivity index (χ2n) is 5.99. The molecule has 2 heterocycles. The van der Waals surface area contributed by atoms with Gasteiger partial charge in [-0.25, -0.2) is 0 Å². The Bertz CT molecular complexity index is 215. The summed E-state index contributed by atoms with van der Waals surface area (Å²) in [5, 5.41) is 3.63. The van der Waals surface area contributed by atoms with Crippen molar-refractivity contribution < 1.29 is 0 Å². The minimum atomic E-state index is 0.655. The number of nitrogens with zero attached hydrogens (tertiary/aromatic N) is 1. The van der Waals surface area contributed by atoms with Gasteiger partial charge >= 0.3 is 0 Å². The molecule has 1 spiro atoms. The minimum absolute atomic E-state index is 0.655. The third-order valence-electron chi connectivity index (χ3n) is 4.88. The first-order chi connectivity index (χ1) is 7.69. The van der Waals surface area contributed by atoms with Gasteiger partial charge in [0.05, 0.1) is 0 Å². The highest BCUT2D eigenvalue weighted by molar-refractivity contribution is 4.96. The van der Waals surface area contributed by atoms with Crippen LogP contribution in [0.1, 0.15) is 52.9 Å². The number of rotatable bonds is 3. The van der Waals surface area contributed by atoms with Crippen LogP contribution in [0.25, 0.3) is 0 Å². The second-order valence-corrected chi connectivity index (χ2v) is 5.99. The molecule has 2 aliphatic rings. The van der Waals surface area contributed by atoms with Crippen LogP contribution in [0.4, 0.5) is 0 Å². The van der Waals surface area contributed by atoms with E-state index in [2.05, 4.69) is 31.0 Å². The van der Waals surface area contributed by atoms with Gasteiger partial charge in [-0.1, -0.05) is 13.8 Å². The van der Waals surface area contributed by atoms with Crippen LogP contribution in [-0.4, -0.2) is 36.6 Å². The molecule has 0 radical (unpaired) electrons. The first-order valence-electron chi connectivity index (χ1n) is 7.16. The molecule has 2 aliphatic heterocycles. The van der Waals surface area contributed by atoms with Gasteiger partial charge in [0.25, 0.3) is 0 Å². The van der Waals surface area contributed by atoms with Gasteiger partial charge in [0.15, 0.2) is 0 Å². The van der Waals surface area contributed by atoms with Crippen molar-refractivity contribution in [2.75, 3.05) is 19.6 Å². The van der Waals surface area contributed by atoms with Gasteiger partial charge in [-0.3, -0.25) is 0 Å². The van der Waals surface area contributed by atoms with Gasteiger partial charge in [-0.2, -0.15) is 0 Å². The summed E-state index contributed by atoms with van der Waals surface area (Å²) in [5.41, 5.74) is 0.655. The van der Waals surface area contributed by atoms with Crippen LogP contribution in [0.15, 0.2) is 0 Å². The zero-order chi connectivity index (χ0) is 11.6. The maximum atomic E-state index is 3.63. The predicted octanol–water partition coefficient (Wildman–Crippen LogP) is 2.64. The average molecular weight is 224 g/mol. The molecular formula is C14H28N2. The maximum absolute atomic E-state index is 3.63. The summed E-state index contributed by atoms with van der Waals surface area (Å²) in [6, 6.07) is 1.59. The molecule has 0 saturated carbocycles. The molecule has 0 aromatic carbocycles. The Kier molecular flexibility index (Phi) is 3.91. The maximum Gasteiger partial charge on any atom is 0.00900 e. The van der Waals surface area contributed by atoms with Crippen molar-refractivity contribution in [1.82, 2.24) is 10.2 Å². The summed E-state index contributed by atoms with van der Waals surface area (Å²) in [7, 11) is 0. The van der Waals surface area contributed by atoms with Crippen LogP contribution < -0.4 is 5.32 Å². The van der Waals surface area contributed by atoms with Crippen molar-refractivity contribution >= 4 is 0 Å². The Balaban J connectivity index is 1.87. The van der Waals surface area contributed by atoms with Crippen molar-refractivity contribution in [1.29, 1.82) is 0 Å². The molecule has 0 aromatic heterocycles. The minimum Gasteiger partial charge on any atom is -0.314 e. The van der Waals surface area contributed by atoms with Crippen LogP contribution in [-0.2, 0) is 0 Å². The SMILES string of the molecule is CCC(CC)N1CCC2(CC1)CNC(C)C2. The Labute approximate surface area is 101 Å². The molecule has 0 bridgehead atoms. The standard InChI is InChI=1S/C14H28N2/c1-4-13(5-2)16-8-6-14(7-9-16)10-12(3)15-11-14/h12-13,15H,4-11H2,1-3H3. The second kappa shape index (κ2) is 5.05. The monoisotopic (exact) mass is 224 g/mol. The molecule has 1 unspecified atom stereocenters. The van der Waals surface area contributed by atoms with E-state index >= 15 is 0 Å². The van der Waals surface area contributed by atoms with E-state index in [1.54, 1.807) is 0 Å². The van der Waals surface area contributed by atoms with Crippen LogP contribution in [0.2, 0.25) is 0 Å². The van der Waals surface area contributed by atoms with Crippen LogP contribution in [0, 0.1) is 5.41 Å². The molecule has 2 saturated heterocycles. The largest absolute Gasteiger partial charge is 0.314 e. The molecule has 2 fully saturated rings. The summed E-state index contributed by atoms with van der Waals surface area (Å²) in [6.45, 7) is 10.9.